The Morgan fingerprint density at radius 1 is 1.29 bits per heavy atom. The van der Waals surface area contributed by atoms with Gasteiger partial charge in [-0.25, -0.2) is 0 Å². The zero-order valence-corrected chi connectivity index (χ0v) is 11.9. The normalized spacial score (nSPS) is 30.8. The third-order valence-electron chi connectivity index (χ3n) is 4.89. The number of ether oxygens (including phenoxy) is 1. The van der Waals surface area contributed by atoms with Gasteiger partial charge in [0.25, 0.3) is 5.91 Å². The summed E-state index contributed by atoms with van der Waals surface area (Å²) in [5.74, 6) is -0.0288. The van der Waals surface area contributed by atoms with E-state index in [0.29, 0.717) is 18.7 Å². The zero-order chi connectivity index (χ0) is 14.4. The smallest absolute Gasteiger partial charge is 0.253 e. The number of hydrogen-bond acceptors (Lipinski definition) is 3. The summed E-state index contributed by atoms with van der Waals surface area (Å²) in [7, 11) is 0. The van der Waals surface area contributed by atoms with Crippen LogP contribution in [0.3, 0.4) is 0 Å². The number of hydrogen-bond donors (Lipinski definition) is 1. The Balaban J connectivity index is 1.61. The number of benzene rings is 1. The first-order chi connectivity index (χ1) is 10.3. The molecule has 1 saturated heterocycles. The summed E-state index contributed by atoms with van der Waals surface area (Å²) in [5.41, 5.74) is 2.28. The van der Waals surface area contributed by atoms with Crippen LogP contribution in [-0.4, -0.2) is 41.2 Å². The number of amides is 1. The lowest BCUT2D eigenvalue weighted by Crippen LogP contribution is -2.51. The van der Waals surface area contributed by atoms with Crippen molar-refractivity contribution in [2.75, 3.05) is 13.2 Å². The van der Waals surface area contributed by atoms with E-state index in [0.717, 1.165) is 30.4 Å². The van der Waals surface area contributed by atoms with Crippen molar-refractivity contribution in [3.05, 3.63) is 41.0 Å². The van der Waals surface area contributed by atoms with E-state index in [1.54, 1.807) is 0 Å². The van der Waals surface area contributed by atoms with E-state index in [1.807, 2.05) is 35.2 Å². The van der Waals surface area contributed by atoms with Gasteiger partial charge in [-0.15, -0.1) is 0 Å². The molecule has 0 radical (unpaired) electrons. The molecule has 0 bridgehead atoms. The molecule has 2 aliphatic carbocycles. The molecule has 3 aliphatic rings. The van der Waals surface area contributed by atoms with Crippen molar-refractivity contribution in [2.45, 2.75) is 37.5 Å². The summed E-state index contributed by atoms with van der Waals surface area (Å²) >= 11 is 0. The molecule has 4 heteroatoms. The largest absolute Gasteiger partial charge is 0.383 e. The van der Waals surface area contributed by atoms with Gasteiger partial charge in [0.1, 0.15) is 6.10 Å². The number of fused-ring (bicyclic) bond motifs is 2. The van der Waals surface area contributed by atoms with E-state index in [2.05, 4.69) is 0 Å². The average Bonchev–Trinajstić information content (AvgIpc) is 3.11. The van der Waals surface area contributed by atoms with Gasteiger partial charge in [-0.1, -0.05) is 24.3 Å². The van der Waals surface area contributed by atoms with Crippen molar-refractivity contribution in [1.29, 1.82) is 0 Å². The van der Waals surface area contributed by atoms with Crippen LogP contribution in [0.5, 0.6) is 0 Å². The lowest BCUT2D eigenvalue weighted by Gasteiger charge is -2.38. The Morgan fingerprint density at radius 3 is 3.00 bits per heavy atom. The second-order valence-corrected chi connectivity index (χ2v) is 6.04. The number of aliphatic hydroxyl groups excluding tert-OH is 1. The SMILES string of the molecule is O=C(C1=Cc2ccccc2C1O)N1CCO[C@@H]2CCC[C@@H]21. The Labute approximate surface area is 124 Å². The van der Waals surface area contributed by atoms with Crippen LogP contribution in [0.1, 0.15) is 36.5 Å². The average molecular weight is 285 g/mol. The highest BCUT2D eigenvalue weighted by Crippen LogP contribution is 2.37. The second kappa shape index (κ2) is 4.97. The van der Waals surface area contributed by atoms with E-state index in [4.69, 9.17) is 4.74 Å². The maximum Gasteiger partial charge on any atom is 0.253 e. The predicted molar refractivity (Wildman–Crippen MR) is 78.5 cm³/mol. The highest BCUT2D eigenvalue weighted by Gasteiger charge is 2.41. The number of rotatable bonds is 1. The van der Waals surface area contributed by atoms with Crippen LogP contribution in [-0.2, 0) is 9.53 Å². The maximum absolute atomic E-state index is 12.9. The molecule has 1 saturated carbocycles. The third kappa shape index (κ3) is 2.01. The topological polar surface area (TPSA) is 49.8 Å². The van der Waals surface area contributed by atoms with Crippen molar-refractivity contribution in [3.8, 4) is 0 Å². The maximum atomic E-state index is 12.9. The van der Waals surface area contributed by atoms with Gasteiger partial charge in [-0.3, -0.25) is 4.79 Å². The van der Waals surface area contributed by atoms with Gasteiger partial charge in [0.05, 0.1) is 24.3 Å². The molecule has 1 aromatic carbocycles. The van der Waals surface area contributed by atoms with Crippen molar-refractivity contribution in [2.24, 2.45) is 0 Å². The van der Waals surface area contributed by atoms with Crippen LogP contribution in [0.25, 0.3) is 6.08 Å². The Bertz CT molecular complexity index is 610. The molecule has 21 heavy (non-hydrogen) atoms. The van der Waals surface area contributed by atoms with Crippen molar-refractivity contribution >= 4 is 12.0 Å². The van der Waals surface area contributed by atoms with E-state index in [1.165, 1.54) is 0 Å². The molecule has 1 aliphatic heterocycles. The van der Waals surface area contributed by atoms with Gasteiger partial charge >= 0.3 is 0 Å². The molecule has 1 unspecified atom stereocenters. The van der Waals surface area contributed by atoms with Crippen LogP contribution in [0.2, 0.25) is 0 Å². The van der Waals surface area contributed by atoms with Gasteiger partial charge in [0.2, 0.25) is 0 Å². The Kier molecular flexibility index (Phi) is 3.08. The van der Waals surface area contributed by atoms with Crippen LogP contribution in [0.15, 0.2) is 29.8 Å². The molecule has 4 rings (SSSR count). The van der Waals surface area contributed by atoms with Crippen LogP contribution in [0, 0.1) is 0 Å². The summed E-state index contributed by atoms with van der Waals surface area (Å²) in [4.78, 5) is 14.8. The Hall–Kier alpha value is -1.65. The Morgan fingerprint density at radius 2 is 2.14 bits per heavy atom. The molecule has 4 nitrogen and oxygen atoms in total. The lowest BCUT2D eigenvalue weighted by atomic mass is 10.0. The fraction of sp³-hybridized carbons (Fsp3) is 0.471. The minimum absolute atomic E-state index is 0.0288. The standard InChI is InChI=1S/C17H19NO3/c19-16-12-5-2-1-4-11(12)10-13(16)17(20)18-8-9-21-15-7-3-6-14(15)18/h1-2,4-5,10,14-16,19H,3,6-9H2/t14-,15+,16?/m0/s1. The van der Waals surface area contributed by atoms with E-state index < -0.39 is 6.10 Å². The van der Waals surface area contributed by atoms with Crippen molar-refractivity contribution in [1.82, 2.24) is 4.90 Å². The van der Waals surface area contributed by atoms with Gasteiger partial charge in [0.15, 0.2) is 0 Å². The molecule has 110 valence electrons. The lowest BCUT2D eigenvalue weighted by molar-refractivity contribution is -0.140. The summed E-state index contributed by atoms with van der Waals surface area (Å²) in [6.07, 6.45) is 4.38. The van der Waals surface area contributed by atoms with Gasteiger partial charge in [-0.2, -0.15) is 0 Å². The van der Waals surface area contributed by atoms with Crippen LogP contribution >= 0.6 is 0 Å². The van der Waals surface area contributed by atoms with Crippen molar-refractivity contribution in [3.63, 3.8) is 0 Å². The summed E-state index contributed by atoms with van der Waals surface area (Å²) in [6, 6.07) is 7.83. The summed E-state index contributed by atoms with van der Waals surface area (Å²) in [6.45, 7) is 1.23. The number of morpholine rings is 1. The number of carbonyl (C=O) groups is 1. The molecule has 3 atom stereocenters. The fourth-order valence-electron chi connectivity index (χ4n) is 3.83. The molecule has 1 amide bonds. The predicted octanol–water partition coefficient (Wildman–Crippen LogP) is 1.90. The number of nitrogens with zero attached hydrogens (tertiary/aromatic N) is 1. The molecule has 1 N–H and O–H groups in total. The van der Waals surface area contributed by atoms with E-state index >= 15 is 0 Å². The molecular formula is C17H19NO3. The molecule has 0 aromatic heterocycles. The number of aliphatic hydroxyl groups is 1. The monoisotopic (exact) mass is 285 g/mol. The minimum Gasteiger partial charge on any atom is -0.383 e. The minimum atomic E-state index is -0.795. The van der Waals surface area contributed by atoms with Crippen LogP contribution < -0.4 is 0 Å². The fourth-order valence-corrected chi connectivity index (χ4v) is 3.83. The summed E-state index contributed by atoms with van der Waals surface area (Å²) < 4.78 is 5.76. The van der Waals surface area contributed by atoms with Gasteiger partial charge in [0, 0.05) is 6.54 Å². The molecule has 0 spiro atoms. The first-order valence-electron chi connectivity index (χ1n) is 7.67. The molecule has 2 fully saturated rings. The third-order valence-corrected chi connectivity index (χ3v) is 4.89. The quantitative estimate of drug-likeness (QED) is 0.857. The first-order valence-corrected chi connectivity index (χ1v) is 7.67. The zero-order valence-electron chi connectivity index (χ0n) is 11.9. The van der Waals surface area contributed by atoms with E-state index in [9.17, 15) is 9.90 Å². The molecule has 1 heterocycles. The highest BCUT2D eigenvalue weighted by atomic mass is 16.5. The van der Waals surface area contributed by atoms with Crippen molar-refractivity contribution < 1.29 is 14.6 Å². The molecular weight excluding hydrogens is 266 g/mol. The highest BCUT2D eigenvalue weighted by molar-refractivity contribution is 6.01. The van der Waals surface area contributed by atoms with Crippen LogP contribution in [0.4, 0.5) is 0 Å². The number of carbonyl (C=O) groups excluding carboxylic acids is 1. The van der Waals surface area contributed by atoms with E-state index in [-0.39, 0.29) is 18.1 Å². The molecule has 1 aromatic rings. The van der Waals surface area contributed by atoms with Gasteiger partial charge < -0.3 is 14.7 Å². The first kappa shape index (κ1) is 13.0. The van der Waals surface area contributed by atoms with Gasteiger partial charge in [-0.05, 0) is 36.5 Å². The second-order valence-electron chi connectivity index (χ2n) is 6.04. The summed E-state index contributed by atoms with van der Waals surface area (Å²) in [5, 5.41) is 10.4.